The molecular weight excluding hydrogens is 290 g/mol. The van der Waals surface area contributed by atoms with E-state index in [9.17, 15) is 8.42 Å². The molecule has 5 nitrogen and oxygen atoms in total. The van der Waals surface area contributed by atoms with Gasteiger partial charge in [-0.2, -0.15) is 0 Å². The van der Waals surface area contributed by atoms with Crippen molar-refractivity contribution in [2.75, 3.05) is 12.9 Å². The molecule has 1 unspecified atom stereocenters. The summed E-state index contributed by atoms with van der Waals surface area (Å²) in [7, 11) is -1.42. The van der Waals surface area contributed by atoms with Gasteiger partial charge in [0, 0.05) is 18.0 Å². The van der Waals surface area contributed by atoms with Crippen LogP contribution >= 0.6 is 0 Å². The first-order valence-corrected chi connectivity index (χ1v) is 8.59. The topological polar surface area (TPSA) is 64.6 Å². The number of rotatable bonds is 6. The summed E-state index contributed by atoms with van der Waals surface area (Å²) in [6.45, 7) is 4.49. The Balaban J connectivity index is 2.00. The van der Waals surface area contributed by atoms with Crippen LogP contribution in [-0.2, 0) is 16.4 Å². The lowest BCUT2D eigenvalue weighted by Gasteiger charge is -2.15. The van der Waals surface area contributed by atoms with Gasteiger partial charge in [0.05, 0.1) is 19.0 Å². The molecule has 116 valence electrons. The van der Waals surface area contributed by atoms with Crippen molar-refractivity contribution < 1.29 is 17.9 Å². The van der Waals surface area contributed by atoms with Crippen molar-refractivity contribution in [1.82, 2.24) is 5.32 Å². The molecule has 0 amide bonds. The minimum absolute atomic E-state index is 0.0803. The maximum absolute atomic E-state index is 11.3. The zero-order chi connectivity index (χ0) is 15.5. The van der Waals surface area contributed by atoms with Crippen molar-refractivity contribution in [1.29, 1.82) is 0 Å². The molecule has 0 radical (unpaired) electrons. The monoisotopic (exact) mass is 311 g/mol. The van der Waals surface area contributed by atoms with Gasteiger partial charge in [-0.05, 0) is 31.5 Å². The molecule has 2 rings (SSSR count). The van der Waals surface area contributed by atoms with Crippen LogP contribution in [0.3, 0.4) is 0 Å². The van der Waals surface area contributed by atoms with Crippen LogP contribution in [0.25, 0.3) is 0 Å². The van der Waals surface area contributed by atoms with Gasteiger partial charge >= 0.3 is 0 Å². The molecule has 1 aliphatic rings. The van der Waals surface area contributed by atoms with Gasteiger partial charge in [0.2, 0.25) is 0 Å². The molecule has 0 saturated heterocycles. The second-order valence-corrected chi connectivity index (χ2v) is 7.23. The van der Waals surface area contributed by atoms with Gasteiger partial charge in [0.15, 0.2) is 21.3 Å². The van der Waals surface area contributed by atoms with E-state index in [1.807, 2.05) is 32.0 Å². The standard InChI is InChI=1S/C15H21NO4S/c1-11(2)20-14-5-4-12(8-15(14)19-3)9-16-13-6-7-21(17,18)10-13/h4-8,11,13,16H,9-10H2,1-3H3. The molecule has 0 spiro atoms. The largest absolute Gasteiger partial charge is 0.493 e. The molecular formula is C15H21NO4S. The molecule has 1 N–H and O–H groups in total. The molecule has 0 saturated carbocycles. The third kappa shape index (κ3) is 4.47. The summed E-state index contributed by atoms with van der Waals surface area (Å²) in [5, 5.41) is 4.47. The van der Waals surface area contributed by atoms with Gasteiger partial charge in [-0.15, -0.1) is 0 Å². The Morgan fingerprint density at radius 1 is 1.33 bits per heavy atom. The minimum atomic E-state index is -3.02. The van der Waals surface area contributed by atoms with Crippen LogP contribution in [0.15, 0.2) is 29.7 Å². The van der Waals surface area contributed by atoms with E-state index in [-0.39, 0.29) is 17.9 Å². The number of sulfone groups is 1. The van der Waals surface area contributed by atoms with Crippen molar-refractivity contribution >= 4 is 9.84 Å². The molecule has 1 atom stereocenters. The molecule has 1 aromatic carbocycles. The first-order valence-electron chi connectivity index (χ1n) is 6.87. The van der Waals surface area contributed by atoms with Crippen LogP contribution in [0.1, 0.15) is 19.4 Å². The predicted molar refractivity (Wildman–Crippen MR) is 82.3 cm³/mol. The third-order valence-corrected chi connectivity index (χ3v) is 4.48. The van der Waals surface area contributed by atoms with E-state index < -0.39 is 9.84 Å². The van der Waals surface area contributed by atoms with Crippen LogP contribution in [0, 0.1) is 0 Å². The lowest BCUT2D eigenvalue weighted by atomic mass is 10.2. The second-order valence-electron chi connectivity index (χ2n) is 5.30. The fraction of sp³-hybridized carbons (Fsp3) is 0.467. The van der Waals surface area contributed by atoms with Gasteiger partial charge in [-0.3, -0.25) is 0 Å². The Morgan fingerprint density at radius 2 is 2.10 bits per heavy atom. The van der Waals surface area contributed by atoms with Crippen LogP contribution in [0.4, 0.5) is 0 Å². The summed E-state index contributed by atoms with van der Waals surface area (Å²) in [6.07, 6.45) is 1.76. The Labute approximate surface area is 125 Å². The highest BCUT2D eigenvalue weighted by Crippen LogP contribution is 2.29. The van der Waals surface area contributed by atoms with Gasteiger partial charge in [-0.25, -0.2) is 8.42 Å². The van der Waals surface area contributed by atoms with E-state index in [4.69, 9.17) is 9.47 Å². The normalized spacial score (nSPS) is 19.9. The summed E-state index contributed by atoms with van der Waals surface area (Å²) in [5.41, 5.74) is 1.01. The lowest BCUT2D eigenvalue weighted by Crippen LogP contribution is -2.29. The summed E-state index contributed by atoms with van der Waals surface area (Å²) in [4.78, 5) is 0. The maximum Gasteiger partial charge on any atom is 0.173 e. The summed E-state index contributed by atoms with van der Waals surface area (Å²) in [6, 6.07) is 5.59. The Morgan fingerprint density at radius 3 is 2.67 bits per heavy atom. The Bertz CT molecular complexity index is 623. The van der Waals surface area contributed by atoms with Crippen LogP contribution in [0.2, 0.25) is 0 Å². The number of nitrogens with one attached hydrogen (secondary N) is 1. The van der Waals surface area contributed by atoms with E-state index >= 15 is 0 Å². The molecule has 0 aliphatic carbocycles. The zero-order valence-electron chi connectivity index (χ0n) is 12.5. The van der Waals surface area contributed by atoms with Gasteiger partial charge in [-0.1, -0.05) is 12.1 Å². The predicted octanol–water partition coefficient (Wildman–Crippen LogP) is 1.88. The Kier molecular flexibility index (Phi) is 4.90. The average Bonchev–Trinajstić information content (AvgIpc) is 2.76. The fourth-order valence-corrected chi connectivity index (χ4v) is 3.39. The SMILES string of the molecule is COc1cc(CNC2C=CS(=O)(=O)C2)ccc1OC(C)C. The quantitative estimate of drug-likeness (QED) is 0.869. The zero-order valence-corrected chi connectivity index (χ0v) is 13.3. The third-order valence-electron chi connectivity index (χ3n) is 3.09. The second kappa shape index (κ2) is 6.49. The summed E-state index contributed by atoms with van der Waals surface area (Å²) in [5.74, 6) is 1.51. The number of hydrogen-bond donors (Lipinski definition) is 1. The van der Waals surface area contributed by atoms with E-state index in [1.54, 1.807) is 13.2 Å². The van der Waals surface area contributed by atoms with Gasteiger partial charge in [0.25, 0.3) is 0 Å². The first kappa shape index (κ1) is 15.9. The van der Waals surface area contributed by atoms with Gasteiger partial charge < -0.3 is 14.8 Å². The fourth-order valence-electron chi connectivity index (χ4n) is 2.13. The summed E-state index contributed by atoms with van der Waals surface area (Å²) < 4.78 is 33.7. The minimum Gasteiger partial charge on any atom is -0.493 e. The molecule has 21 heavy (non-hydrogen) atoms. The van der Waals surface area contributed by atoms with E-state index in [2.05, 4.69) is 5.32 Å². The Hall–Kier alpha value is -1.53. The van der Waals surface area contributed by atoms with Crippen molar-refractivity contribution in [3.05, 3.63) is 35.2 Å². The molecule has 6 heteroatoms. The highest BCUT2D eigenvalue weighted by atomic mass is 32.2. The number of methoxy groups -OCH3 is 1. The molecule has 1 aromatic rings. The van der Waals surface area contributed by atoms with Gasteiger partial charge in [0.1, 0.15) is 0 Å². The number of benzene rings is 1. The molecule has 0 fully saturated rings. The maximum atomic E-state index is 11.3. The van der Waals surface area contributed by atoms with Crippen molar-refractivity contribution in [2.45, 2.75) is 32.5 Å². The van der Waals surface area contributed by atoms with Crippen LogP contribution in [0.5, 0.6) is 11.5 Å². The van der Waals surface area contributed by atoms with Crippen molar-refractivity contribution in [3.8, 4) is 11.5 Å². The average molecular weight is 311 g/mol. The van der Waals surface area contributed by atoms with Crippen molar-refractivity contribution in [2.24, 2.45) is 0 Å². The van der Waals surface area contributed by atoms with E-state index in [0.717, 1.165) is 5.56 Å². The molecule has 0 aromatic heterocycles. The number of ether oxygens (including phenoxy) is 2. The van der Waals surface area contributed by atoms with Crippen molar-refractivity contribution in [3.63, 3.8) is 0 Å². The first-order chi connectivity index (χ1) is 9.89. The van der Waals surface area contributed by atoms with E-state index in [1.165, 1.54) is 5.41 Å². The highest BCUT2D eigenvalue weighted by Gasteiger charge is 2.21. The van der Waals surface area contributed by atoms with E-state index in [0.29, 0.717) is 18.0 Å². The van der Waals surface area contributed by atoms with Crippen LogP contribution in [-0.4, -0.2) is 33.4 Å². The molecule has 1 heterocycles. The number of hydrogen-bond acceptors (Lipinski definition) is 5. The molecule has 0 bridgehead atoms. The molecule has 1 aliphatic heterocycles. The van der Waals surface area contributed by atoms with Crippen LogP contribution < -0.4 is 14.8 Å². The highest BCUT2D eigenvalue weighted by molar-refractivity contribution is 7.94. The summed E-state index contributed by atoms with van der Waals surface area (Å²) >= 11 is 0. The lowest BCUT2D eigenvalue weighted by molar-refractivity contribution is 0.230. The smallest absolute Gasteiger partial charge is 0.173 e.